The molecule has 2 saturated heterocycles. The van der Waals surface area contributed by atoms with Gasteiger partial charge in [0.15, 0.2) is 0 Å². The minimum absolute atomic E-state index is 0.780. The second-order valence-electron chi connectivity index (χ2n) is 3.42. The van der Waals surface area contributed by atoms with Gasteiger partial charge in [0.2, 0.25) is 0 Å². The van der Waals surface area contributed by atoms with Crippen molar-refractivity contribution in [2.45, 2.75) is 19.4 Å². The lowest BCUT2D eigenvalue weighted by atomic mass is 9.95. The SMILES string of the molecule is CCC1CN(C2COC2)C1. The summed E-state index contributed by atoms with van der Waals surface area (Å²) in [6, 6.07) is 0.780. The van der Waals surface area contributed by atoms with Crippen molar-refractivity contribution >= 4 is 0 Å². The largest absolute Gasteiger partial charge is 0.378 e. The predicted octanol–water partition coefficient (Wildman–Crippen LogP) is 0.727. The maximum absolute atomic E-state index is 5.12. The molecule has 0 bridgehead atoms. The van der Waals surface area contributed by atoms with Crippen LogP contribution in [-0.4, -0.2) is 37.2 Å². The van der Waals surface area contributed by atoms with Crippen LogP contribution in [0, 0.1) is 5.92 Å². The van der Waals surface area contributed by atoms with Crippen LogP contribution in [0.15, 0.2) is 0 Å². The molecule has 0 N–H and O–H groups in total. The lowest BCUT2D eigenvalue weighted by Crippen LogP contribution is -2.58. The van der Waals surface area contributed by atoms with E-state index in [-0.39, 0.29) is 0 Å². The van der Waals surface area contributed by atoms with Crippen LogP contribution in [0.2, 0.25) is 0 Å². The minimum atomic E-state index is 0.780. The van der Waals surface area contributed by atoms with Gasteiger partial charge < -0.3 is 4.74 Å². The Morgan fingerprint density at radius 2 is 2.10 bits per heavy atom. The van der Waals surface area contributed by atoms with Crippen LogP contribution in [0.1, 0.15) is 13.3 Å². The second kappa shape index (κ2) is 2.51. The number of hydrogen-bond acceptors (Lipinski definition) is 2. The Labute approximate surface area is 62.2 Å². The Kier molecular flexibility index (Phi) is 1.66. The number of nitrogens with zero attached hydrogens (tertiary/aromatic N) is 1. The third kappa shape index (κ3) is 0.956. The average Bonchev–Trinajstić information content (AvgIpc) is 1.72. The zero-order valence-corrected chi connectivity index (χ0v) is 6.55. The first-order chi connectivity index (χ1) is 4.90. The number of likely N-dealkylation sites (tertiary alicyclic amines) is 1. The lowest BCUT2D eigenvalue weighted by Gasteiger charge is -2.47. The second-order valence-corrected chi connectivity index (χ2v) is 3.42. The van der Waals surface area contributed by atoms with Crippen molar-refractivity contribution in [2.24, 2.45) is 5.92 Å². The molecule has 0 aromatic rings. The molecule has 10 heavy (non-hydrogen) atoms. The van der Waals surface area contributed by atoms with E-state index in [4.69, 9.17) is 4.74 Å². The van der Waals surface area contributed by atoms with Crippen molar-refractivity contribution in [3.05, 3.63) is 0 Å². The van der Waals surface area contributed by atoms with E-state index in [9.17, 15) is 0 Å². The highest BCUT2D eigenvalue weighted by atomic mass is 16.5. The summed E-state index contributed by atoms with van der Waals surface area (Å²) in [6.45, 7) is 6.89. The topological polar surface area (TPSA) is 12.5 Å². The van der Waals surface area contributed by atoms with E-state index in [1.165, 1.54) is 19.5 Å². The van der Waals surface area contributed by atoms with E-state index in [1.54, 1.807) is 0 Å². The molecule has 0 saturated carbocycles. The summed E-state index contributed by atoms with van der Waals surface area (Å²) in [5, 5.41) is 0. The molecule has 2 aliphatic heterocycles. The van der Waals surface area contributed by atoms with Crippen molar-refractivity contribution < 1.29 is 4.74 Å². The fraction of sp³-hybridized carbons (Fsp3) is 1.00. The third-order valence-corrected chi connectivity index (χ3v) is 2.70. The summed E-state index contributed by atoms with van der Waals surface area (Å²) in [7, 11) is 0. The molecule has 2 aliphatic rings. The number of rotatable bonds is 2. The van der Waals surface area contributed by atoms with Crippen LogP contribution >= 0.6 is 0 Å². The van der Waals surface area contributed by atoms with Crippen molar-refractivity contribution in [1.82, 2.24) is 4.90 Å². The fourth-order valence-electron chi connectivity index (χ4n) is 1.60. The minimum Gasteiger partial charge on any atom is -0.378 e. The van der Waals surface area contributed by atoms with E-state index in [1.807, 2.05) is 0 Å². The molecule has 2 nitrogen and oxygen atoms in total. The molecule has 0 amide bonds. The molecule has 0 spiro atoms. The van der Waals surface area contributed by atoms with Gasteiger partial charge in [-0.05, 0) is 5.92 Å². The first-order valence-electron chi connectivity index (χ1n) is 4.22. The molecule has 2 heteroatoms. The van der Waals surface area contributed by atoms with E-state index in [2.05, 4.69) is 11.8 Å². The van der Waals surface area contributed by atoms with Gasteiger partial charge in [0.1, 0.15) is 0 Å². The summed E-state index contributed by atoms with van der Waals surface area (Å²) in [5.74, 6) is 0.987. The molecular formula is C8H15NO. The van der Waals surface area contributed by atoms with Crippen molar-refractivity contribution in [3.63, 3.8) is 0 Å². The standard InChI is InChI=1S/C8H15NO/c1-2-7-3-9(4-7)8-5-10-6-8/h7-8H,2-6H2,1H3. The fourth-order valence-corrected chi connectivity index (χ4v) is 1.60. The quantitative estimate of drug-likeness (QED) is 0.562. The highest BCUT2D eigenvalue weighted by Gasteiger charge is 2.34. The van der Waals surface area contributed by atoms with Crippen molar-refractivity contribution in [3.8, 4) is 0 Å². The van der Waals surface area contributed by atoms with Gasteiger partial charge in [0.25, 0.3) is 0 Å². The molecule has 0 atom stereocenters. The highest BCUT2D eigenvalue weighted by molar-refractivity contribution is 4.87. The predicted molar refractivity (Wildman–Crippen MR) is 40.0 cm³/mol. The van der Waals surface area contributed by atoms with Crippen LogP contribution < -0.4 is 0 Å². The summed E-state index contributed by atoms with van der Waals surface area (Å²) in [4.78, 5) is 2.54. The Hall–Kier alpha value is -0.0800. The summed E-state index contributed by atoms with van der Waals surface area (Å²) >= 11 is 0. The summed E-state index contributed by atoms with van der Waals surface area (Å²) in [5.41, 5.74) is 0. The van der Waals surface area contributed by atoms with Gasteiger partial charge in [-0.2, -0.15) is 0 Å². The van der Waals surface area contributed by atoms with Crippen LogP contribution in [0.5, 0.6) is 0 Å². The van der Waals surface area contributed by atoms with Gasteiger partial charge in [0, 0.05) is 13.1 Å². The Bertz CT molecular complexity index is 116. The maximum Gasteiger partial charge on any atom is 0.0645 e. The smallest absolute Gasteiger partial charge is 0.0645 e. The number of hydrogen-bond donors (Lipinski definition) is 0. The molecule has 2 fully saturated rings. The van der Waals surface area contributed by atoms with Crippen LogP contribution in [-0.2, 0) is 4.74 Å². The van der Waals surface area contributed by atoms with Gasteiger partial charge in [-0.3, -0.25) is 4.90 Å². The maximum atomic E-state index is 5.12. The monoisotopic (exact) mass is 141 g/mol. The highest BCUT2D eigenvalue weighted by Crippen LogP contribution is 2.24. The molecule has 0 aromatic heterocycles. The molecule has 0 unspecified atom stereocenters. The van der Waals surface area contributed by atoms with Crippen molar-refractivity contribution in [2.75, 3.05) is 26.3 Å². The van der Waals surface area contributed by atoms with E-state index in [0.717, 1.165) is 25.2 Å². The Morgan fingerprint density at radius 3 is 2.50 bits per heavy atom. The van der Waals surface area contributed by atoms with Gasteiger partial charge in [-0.25, -0.2) is 0 Å². The van der Waals surface area contributed by atoms with Gasteiger partial charge >= 0.3 is 0 Å². The first-order valence-corrected chi connectivity index (χ1v) is 4.22. The Balaban J connectivity index is 1.69. The normalized spacial score (nSPS) is 29.7. The first kappa shape index (κ1) is 6.62. The van der Waals surface area contributed by atoms with Gasteiger partial charge in [-0.1, -0.05) is 13.3 Å². The van der Waals surface area contributed by atoms with Gasteiger partial charge in [-0.15, -0.1) is 0 Å². The lowest BCUT2D eigenvalue weighted by molar-refractivity contribution is -0.102. The number of ether oxygens (including phenoxy) is 1. The Morgan fingerprint density at radius 1 is 1.40 bits per heavy atom. The average molecular weight is 141 g/mol. The molecule has 58 valence electrons. The van der Waals surface area contributed by atoms with E-state index < -0.39 is 0 Å². The van der Waals surface area contributed by atoms with E-state index >= 15 is 0 Å². The third-order valence-electron chi connectivity index (χ3n) is 2.70. The molecular weight excluding hydrogens is 126 g/mol. The zero-order chi connectivity index (χ0) is 6.97. The molecule has 2 heterocycles. The molecule has 0 aromatic carbocycles. The van der Waals surface area contributed by atoms with E-state index in [0.29, 0.717) is 0 Å². The summed E-state index contributed by atoms with van der Waals surface area (Å²) < 4.78 is 5.12. The molecule has 0 aliphatic carbocycles. The molecule has 0 radical (unpaired) electrons. The van der Waals surface area contributed by atoms with Crippen molar-refractivity contribution in [1.29, 1.82) is 0 Å². The zero-order valence-electron chi connectivity index (χ0n) is 6.55. The van der Waals surface area contributed by atoms with Crippen LogP contribution in [0.25, 0.3) is 0 Å². The molecule has 2 rings (SSSR count). The van der Waals surface area contributed by atoms with Gasteiger partial charge in [0.05, 0.1) is 19.3 Å². The van der Waals surface area contributed by atoms with Crippen LogP contribution in [0.3, 0.4) is 0 Å². The summed E-state index contributed by atoms with van der Waals surface area (Å²) in [6.07, 6.45) is 1.35. The van der Waals surface area contributed by atoms with Crippen LogP contribution in [0.4, 0.5) is 0 Å².